The third-order valence-corrected chi connectivity index (χ3v) is 1.87. The van der Waals surface area contributed by atoms with Gasteiger partial charge in [-0.2, -0.15) is 0 Å². The number of nitrogens with zero attached hydrogens (tertiary/aromatic N) is 2. The fourth-order valence-corrected chi connectivity index (χ4v) is 1.28. The van der Waals surface area contributed by atoms with Crippen LogP contribution < -0.4 is 11.1 Å². The van der Waals surface area contributed by atoms with Crippen LogP contribution in [0, 0.1) is 0 Å². The van der Waals surface area contributed by atoms with Crippen molar-refractivity contribution in [1.82, 2.24) is 5.32 Å². The Morgan fingerprint density at radius 2 is 2.00 bits per heavy atom. The first-order valence-corrected chi connectivity index (χ1v) is 3.76. The van der Waals surface area contributed by atoms with E-state index in [-0.39, 0.29) is 0 Å². The van der Waals surface area contributed by atoms with Gasteiger partial charge in [-0.25, -0.2) is 4.99 Å². The summed E-state index contributed by atoms with van der Waals surface area (Å²) < 4.78 is 0. The molecular weight excluding hydrogens is 126 g/mol. The molecule has 0 heterocycles. The van der Waals surface area contributed by atoms with Gasteiger partial charge in [0.05, 0.1) is 6.04 Å². The van der Waals surface area contributed by atoms with Gasteiger partial charge in [0, 0.05) is 7.05 Å². The van der Waals surface area contributed by atoms with E-state index in [0.717, 1.165) is 0 Å². The summed E-state index contributed by atoms with van der Waals surface area (Å²) in [6, 6.07) is 0.462. The van der Waals surface area contributed by atoms with Crippen LogP contribution in [0.2, 0.25) is 0 Å². The van der Waals surface area contributed by atoms with E-state index < -0.39 is 0 Å². The lowest BCUT2D eigenvalue weighted by molar-refractivity contribution is 0.700. The molecule has 0 aromatic heterocycles. The van der Waals surface area contributed by atoms with Crippen molar-refractivity contribution in [2.45, 2.75) is 31.7 Å². The molecule has 0 unspecified atom stereocenters. The lowest BCUT2D eigenvalue weighted by atomic mass is 10.3. The van der Waals surface area contributed by atoms with E-state index in [0.29, 0.717) is 12.0 Å². The molecule has 57 valence electrons. The molecule has 2 N–H and O–H groups in total. The molecule has 0 aliphatic heterocycles. The molecule has 10 heavy (non-hydrogen) atoms. The molecule has 3 heteroatoms. The van der Waals surface area contributed by atoms with Crippen LogP contribution in [0.5, 0.6) is 0 Å². The molecule has 1 aliphatic rings. The van der Waals surface area contributed by atoms with E-state index in [2.05, 4.69) is 10.3 Å². The van der Waals surface area contributed by atoms with Crippen LogP contribution in [0.3, 0.4) is 0 Å². The number of guanidine groups is 1. The van der Waals surface area contributed by atoms with Crippen LogP contribution in [-0.4, -0.2) is 19.0 Å². The highest BCUT2D eigenvalue weighted by atomic mass is 15.1. The number of aliphatic imine (C=N–C) groups is 1. The Hall–Kier alpha value is -0.730. The average molecular weight is 140 g/mol. The molecule has 1 aliphatic carbocycles. The van der Waals surface area contributed by atoms with Crippen LogP contribution in [0.4, 0.5) is 0 Å². The highest BCUT2D eigenvalue weighted by Gasteiger charge is 2.13. The van der Waals surface area contributed by atoms with Crippen molar-refractivity contribution in [3.8, 4) is 0 Å². The van der Waals surface area contributed by atoms with Crippen molar-refractivity contribution in [2.24, 2.45) is 10.7 Å². The number of nitrogens with two attached hydrogens (primary N) is 1. The molecule has 0 spiro atoms. The van der Waals surface area contributed by atoms with Crippen LogP contribution >= 0.6 is 0 Å². The topological polar surface area (TPSA) is 52.5 Å². The zero-order valence-corrected chi connectivity index (χ0v) is 6.38. The van der Waals surface area contributed by atoms with Gasteiger partial charge in [0.25, 0.3) is 0 Å². The van der Waals surface area contributed by atoms with E-state index in [9.17, 15) is 0 Å². The second-order valence-corrected chi connectivity index (χ2v) is 2.65. The van der Waals surface area contributed by atoms with E-state index in [4.69, 9.17) is 5.73 Å². The third-order valence-electron chi connectivity index (χ3n) is 1.87. The summed E-state index contributed by atoms with van der Waals surface area (Å²) in [5, 5.41) is 3.78. The molecule has 0 amide bonds. The second-order valence-electron chi connectivity index (χ2n) is 2.65. The maximum atomic E-state index is 5.44. The van der Waals surface area contributed by atoms with Gasteiger partial charge >= 0.3 is 0 Å². The number of rotatable bonds is 1. The number of hydrogen-bond donors (Lipinski definition) is 1. The smallest absolute Gasteiger partial charge is 0.210 e. The molecule has 0 bridgehead atoms. The Kier molecular flexibility index (Phi) is 2.54. The second kappa shape index (κ2) is 3.44. The van der Waals surface area contributed by atoms with Crippen LogP contribution in [0.1, 0.15) is 25.7 Å². The molecule has 1 rings (SSSR count). The minimum absolute atomic E-state index is 0.451. The zero-order valence-electron chi connectivity index (χ0n) is 6.38. The Morgan fingerprint density at radius 3 is 2.50 bits per heavy atom. The third kappa shape index (κ3) is 1.90. The largest absolute Gasteiger partial charge is 0.368 e. The van der Waals surface area contributed by atoms with E-state index >= 15 is 0 Å². The molecule has 0 saturated heterocycles. The molecule has 1 radical (unpaired) electrons. The summed E-state index contributed by atoms with van der Waals surface area (Å²) in [6.07, 6.45) is 4.97. The predicted molar refractivity (Wildman–Crippen MR) is 41.9 cm³/mol. The maximum Gasteiger partial charge on any atom is 0.210 e. The molecule has 1 saturated carbocycles. The first-order chi connectivity index (χ1) is 4.83. The Labute approximate surface area is 61.7 Å². The molecule has 3 nitrogen and oxygen atoms in total. The lowest BCUT2D eigenvalue weighted by Gasteiger charge is -2.01. The van der Waals surface area contributed by atoms with Crippen molar-refractivity contribution < 1.29 is 0 Å². The average Bonchev–Trinajstić information content (AvgIpc) is 2.40. The SMILES string of the molecule is C[N]C(N)=NC1CCCC1. The first-order valence-electron chi connectivity index (χ1n) is 3.76. The zero-order chi connectivity index (χ0) is 7.40. The summed E-state index contributed by atoms with van der Waals surface area (Å²) in [5.74, 6) is 0.451. The Balaban J connectivity index is 2.34. The standard InChI is InChI=1S/C7H14N3/c1-9-7(8)10-6-4-2-3-5-6/h6H,2-5H2,1H3,(H2,8,10). The summed E-state index contributed by atoms with van der Waals surface area (Å²) in [4.78, 5) is 4.22. The van der Waals surface area contributed by atoms with Crippen molar-refractivity contribution in [1.29, 1.82) is 0 Å². The predicted octanol–water partition coefficient (Wildman–Crippen LogP) is 0.478. The minimum atomic E-state index is 0.451. The van der Waals surface area contributed by atoms with Gasteiger partial charge in [0.1, 0.15) is 0 Å². The highest BCUT2D eigenvalue weighted by molar-refractivity contribution is 5.77. The van der Waals surface area contributed by atoms with Crippen molar-refractivity contribution >= 4 is 5.96 Å². The van der Waals surface area contributed by atoms with Crippen molar-refractivity contribution in [2.75, 3.05) is 7.05 Å². The van der Waals surface area contributed by atoms with Gasteiger partial charge in [-0.1, -0.05) is 12.8 Å². The number of hydrogen-bond acceptors (Lipinski definition) is 1. The van der Waals surface area contributed by atoms with Gasteiger partial charge in [0.2, 0.25) is 5.96 Å². The fraction of sp³-hybridized carbons (Fsp3) is 0.857. The highest BCUT2D eigenvalue weighted by Crippen LogP contribution is 2.20. The summed E-state index contributed by atoms with van der Waals surface area (Å²) in [5.41, 5.74) is 5.44. The molecule has 0 aromatic carbocycles. The molecule has 1 fully saturated rings. The normalized spacial score (nSPS) is 21.5. The van der Waals surface area contributed by atoms with Gasteiger partial charge in [-0.3, -0.25) is 5.32 Å². The van der Waals surface area contributed by atoms with Crippen molar-refractivity contribution in [3.05, 3.63) is 0 Å². The molecule has 0 aromatic rings. The quantitative estimate of drug-likeness (QED) is 0.418. The minimum Gasteiger partial charge on any atom is -0.368 e. The fourth-order valence-electron chi connectivity index (χ4n) is 1.28. The summed E-state index contributed by atoms with van der Waals surface area (Å²) in [7, 11) is 1.67. The van der Waals surface area contributed by atoms with Crippen molar-refractivity contribution in [3.63, 3.8) is 0 Å². The monoisotopic (exact) mass is 140 g/mol. The van der Waals surface area contributed by atoms with E-state index in [1.165, 1.54) is 25.7 Å². The Bertz CT molecular complexity index is 125. The van der Waals surface area contributed by atoms with Gasteiger partial charge in [-0.15, -0.1) is 0 Å². The van der Waals surface area contributed by atoms with E-state index in [1.807, 2.05) is 0 Å². The Morgan fingerprint density at radius 1 is 1.40 bits per heavy atom. The molecule has 0 atom stereocenters. The summed E-state index contributed by atoms with van der Waals surface area (Å²) >= 11 is 0. The molecular formula is C7H14N3. The van der Waals surface area contributed by atoms with Gasteiger partial charge < -0.3 is 5.73 Å². The van der Waals surface area contributed by atoms with Crippen LogP contribution in [0.15, 0.2) is 4.99 Å². The summed E-state index contributed by atoms with van der Waals surface area (Å²) in [6.45, 7) is 0. The lowest BCUT2D eigenvalue weighted by Crippen LogP contribution is -2.23. The van der Waals surface area contributed by atoms with Crippen LogP contribution in [-0.2, 0) is 0 Å². The van der Waals surface area contributed by atoms with E-state index in [1.54, 1.807) is 7.05 Å². The maximum absolute atomic E-state index is 5.44. The first kappa shape index (κ1) is 7.38. The van der Waals surface area contributed by atoms with Gasteiger partial charge in [0.15, 0.2) is 0 Å². The van der Waals surface area contributed by atoms with Crippen LogP contribution in [0.25, 0.3) is 0 Å². The van der Waals surface area contributed by atoms with Gasteiger partial charge in [-0.05, 0) is 12.8 Å².